The van der Waals surface area contributed by atoms with Crippen LogP contribution in [0, 0.1) is 5.92 Å². The van der Waals surface area contributed by atoms with Crippen LogP contribution in [-0.2, 0) is 4.79 Å². The van der Waals surface area contributed by atoms with E-state index in [1.54, 1.807) is 30.3 Å². The lowest BCUT2D eigenvalue weighted by molar-refractivity contribution is -0.110. The van der Waals surface area contributed by atoms with Gasteiger partial charge in [-0.25, -0.2) is 4.79 Å². The molecule has 0 amide bonds. The van der Waals surface area contributed by atoms with E-state index in [1.807, 2.05) is 20.8 Å². The quantitative estimate of drug-likeness (QED) is 0.444. The number of carbonyl (C=O) groups excluding carboxylic acids is 1. The largest absolute Gasteiger partial charge is 0.508 e. The number of aromatic carboxylic acids is 1. The highest BCUT2D eigenvalue weighted by molar-refractivity contribution is 7.80. The van der Waals surface area contributed by atoms with E-state index in [4.69, 9.17) is 17.0 Å². The topological polar surface area (TPSA) is 108 Å². The second-order valence-electron chi connectivity index (χ2n) is 7.62. The van der Waals surface area contributed by atoms with Gasteiger partial charge in [0.25, 0.3) is 0 Å². The third-order valence-corrected chi connectivity index (χ3v) is 5.66. The van der Waals surface area contributed by atoms with Gasteiger partial charge in [0.2, 0.25) is 0 Å². The Kier molecular flexibility index (Phi) is 8.07. The van der Waals surface area contributed by atoms with Gasteiger partial charge in [-0.2, -0.15) is 0 Å². The van der Waals surface area contributed by atoms with Crippen molar-refractivity contribution in [2.45, 2.75) is 33.1 Å². The fraction of sp³-hybridized carbons (Fsp3) is 0.269. The number of carboxylic acids is 1. The second-order valence-corrected chi connectivity index (χ2v) is 8.03. The highest BCUT2D eigenvalue weighted by Gasteiger charge is 2.38. The monoisotopic (exact) mass is 480 g/mol. The summed E-state index contributed by atoms with van der Waals surface area (Å²) >= 11 is 5.26. The first-order chi connectivity index (χ1) is 16.4. The first kappa shape index (κ1) is 25.0. The van der Waals surface area contributed by atoms with Crippen molar-refractivity contribution in [1.29, 1.82) is 0 Å². The number of ketones is 1. The predicted molar refractivity (Wildman–Crippen MR) is 136 cm³/mol. The Hall–Kier alpha value is -3.65. The van der Waals surface area contributed by atoms with E-state index in [0.717, 1.165) is 12.0 Å². The van der Waals surface area contributed by atoms with E-state index in [2.05, 4.69) is 10.6 Å². The molecule has 4 rings (SSSR count). The van der Waals surface area contributed by atoms with Crippen LogP contribution < -0.4 is 15.4 Å². The summed E-state index contributed by atoms with van der Waals surface area (Å²) in [5.41, 5.74) is 1.97. The average Bonchev–Trinajstić information content (AvgIpc) is 2.82. The van der Waals surface area contributed by atoms with Crippen LogP contribution in [0.5, 0.6) is 11.5 Å². The molecule has 0 fully saturated rings. The molecule has 0 radical (unpaired) electrons. The van der Waals surface area contributed by atoms with Crippen LogP contribution in [0.2, 0.25) is 0 Å². The van der Waals surface area contributed by atoms with Gasteiger partial charge >= 0.3 is 5.97 Å². The Balaban J connectivity index is 0.00000158. The molecule has 1 aliphatic heterocycles. The van der Waals surface area contributed by atoms with Crippen molar-refractivity contribution in [2.24, 2.45) is 5.92 Å². The van der Waals surface area contributed by atoms with Crippen molar-refractivity contribution in [3.05, 3.63) is 77.1 Å². The molecule has 7 nitrogen and oxygen atoms in total. The zero-order valence-electron chi connectivity index (χ0n) is 19.3. The molecule has 0 saturated heterocycles. The summed E-state index contributed by atoms with van der Waals surface area (Å²) in [5.74, 6) is -1.22. The molecule has 1 aliphatic carbocycles. The van der Waals surface area contributed by atoms with Gasteiger partial charge in [-0.05, 0) is 48.5 Å². The lowest BCUT2D eigenvalue weighted by Crippen LogP contribution is -2.29. The van der Waals surface area contributed by atoms with E-state index < -0.39 is 11.9 Å². The average molecular weight is 481 g/mol. The summed E-state index contributed by atoms with van der Waals surface area (Å²) < 4.78 is 5.90. The van der Waals surface area contributed by atoms with Crippen molar-refractivity contribution >= 4 is 34.8 Å². The number of allylic oxidation sites excluding steroid dienone is 3. The number of nitrogens with one attached hydrogen (secondary N) is 2. The molecule has 2 aromatic rings. The normalized spacial score (nSPS) is 17.7. The van der Waals surface area contributed by atoms with Crippen molar-refractivity contribution in [3.63, 3.8) is 0 Å². The van der Waals surface area contributed by atoms with E-state index in [9.17, 15) is 19.8 Å². The summed E-state index contributed by atoms with van der Waals surface area (Å²) in [4.78, 5) is 24.1. The van der Waals surface area contributed by atoms with Crippen molar-refractivity contribution in [1.82, 2.24) is 5.32 Å². The number of benzene rings is 2. The molecule has 0 spiro atoms. The first-order valence-corrected chi connectivity index (χ1v) is 11.6. The molecule has 1 heterocycles. The number of phenols is 1. The molecule has 8 heteroatoms. The van der Waals surface area contributed by atoms with Crippen LogP contribution in [0.3, 0.4) is 0 Å². The van der Waals surface area contributed by atoms with Crippen molar-refractivity contribution in [2.75, 3.05) is 11.9 Å². The number of anilines is 1. The smallest absolute Gasteiger partial charge is 0.336 e. The molecule has 2 atom stereocenters. The maximum Gasteiger partial charge on any atom is 0.336 e. The summed E-state index contributed by atoms with van der Waals surface area (Å²) in [6.45, 7) is 6.73. The number of fused-ring (bicyclic) bond motifs is 2. The summed E-state index contributed by atoms with van der Waals surface area (Å²) in [7, 11) is 0. The first-order valence-electron chi connectivity index (χ1n) is 11.2. The molecule has 0 bridgehead atoms. The molecule has 2 unspecified atom stereocenters. The lowest BCUT2D eigenvalue weighted by atomic mass is 9.74. The number of ether oxygens (including phenoxy) is 1. The summed E-state index contributed by atoms with van der Waals surface area (Å²) in [6, 6.07) is 9.80. The van der Waals surface area contributed by atoms with Crippen molar-refractivity contribution < 1.29 is 24.5 Å². The number of rotatable bonds is 5. The van der Waals surface area contributed by atoms with E-state index >= 15 is 0 Å². The van der Waals surface area contributed by atoms with Gasteiger partial charge in [0.15, 0.2) is 10.9 Å². The van der Waals surface area contributed by atoms with Crippen LogP contribution in [0.1, 0.15) is 54.6 Å². The molecule has 2 aliphatic rings. The van der Waals surface area contributed by atoms with Crippen LogP contribution in [0.4, 0.5) is 5.69 Å². The van der Waals surface area contributed by atoms with Crippen LogP contribution in [0.25, 0.3) is 0 Å². The number of carboxylic acid groups (broad SMARTS) is 1. The van der Waals surface area contributed by atoms with Gasteiger partial charge in [-0.1, -0.05) is 39.0 Å². The summed E-state index contributed by atoms with van der Waals surface area (Å²) in [5, 5.41) is 26.4. The zero-order valence-corrected chi connectivity index (χ0v) is 20.1. The Bertz CT molecular complexity index is 1170. The van der Waals surface area contributed by atoms with Crippen LogP contribution in [0.15, 0.2) is 60.4 Å². The van der Waals surface area contributed by atoms with Gasteiger partial charge in [0, 0.05) is 41.8 Å². The van der Waals surface area contributed by atoms with E-state index in [1.165, 1.54) is 24.3 Å². The minimum Gasteiger partial charge on any atom is -0.508 e. The van der Waals surface area contributed by atoms with Gasteiger partial charge in [0.05, 0.1) is 5.56 Å². The molecular formula is C26H28N2O5S. The lowest BCUT2D eigenvalue weighted by Gasteiger charge is -2.35. The van der Waals surface area contributed by atoms with E-state index in [-0.39, 0.29) is 23.0 Å². The molecular weight excluding hydrogens is 452 g/mol. The minimum atomic E-state index is -1.08. The standard InChI is InChI=1S/C24H22N2O5S.C2H6/c1-2-9-25-24(32)26-13-3-6-16(19(10-13)23(29)30)22-17-7-4-14(27)11-20(17)31-21-12-15(28)5-8-18(21)22;1-2/h3-8,10-12,17,22,28H,2,9H2,1H3,(H,29,30)(H2,25,26,32);1-2H3. The molecule has 178 valence electrons. The predicted octanol–water partition coefficient (Wildman–Crippen LogP) is 4.98. The Morgan fingerprint density at radius 2 is 1.88 bits per heavy atom. The molecule has 0 aromatic heterocycles. The Morgan fingerprint density at radius 3 is 2.59 bits per heavy atom. The molecule has 4 N–H and O–H groups in total. The third-order valence-electron chi connectivity index (χ3n) is 5.41. The number of aromatic hydroxyl groups is 1. The Morgan fingerprint density at radius 1 is 1.15 bits per heavy atom. The number of phenolic OH excluding ortho intramolecular Hbond substituents is 1. The molecule has 0 saturated carbocycles. The van der Waals surface area contributed by atoms with Gasteiger partial charge in [0.1, 0.15) is 17.3 Å². The van der Waals surface area contributed by atoms with Crippen LogP contribution >= 0.6 is 12.2 Å². The number of hydrogen-bond acceptors (Lipinski definition) is 5. The SMILES string of the molecule is CC.CCCNC(=S)Nc1ccc(C2c3ccc(O)cc3OC3=CC(=O)C=CC32)c(C(=O)O)c1. The fourth-order valence-corrected chi connectivity index (χ4v) is 4.22. The molecule has 2 aromatic carbocycles. The summed E-state index contributed by atoms with van der Waals surface area (Å²) in [6.07, 6.45) is 5.51. The highest BCUT2D eigenvalue weighted by atomic mass is 32.1. The van der Waals surface area contributed by atoms with Gasteiger partial charge < -0.3 is 25.6 Å². The maximum absolute atomic E-state index is 12.2. The number of thiocarbonyl (C=S) groups is 1. The maximum atomic E-state index is 12.2. The minimum absolute atomic E-state index is 0.0188. The Labute approximate surface area is 204 Å². The highest BCUT2D eigenvalue weighted by Crippen LogP contribution is 2.49. The second kappa shape index (κ2) is 11.0. The molecule has 34 heavy (non-hydrogen) atoms. The zero-order chi connectivity index (χ0) is 24.8. The number of hydrogen-bond donors (Lipinski definition) is 4. The van der Waals surface area contributed by atoms with Gasteiger partial charge in [-0.15, -0.1) is 0 Å². The number of carbonyl (C=O) groups is 2. The van der Waals surface area contributed by atoms with E-state index in [0.29, 0.717) is 34.4 Å². The van der Waals surface area contributed by atoms with Crippen LogP contribution in [-0.4, -0.2) is 33.6 Å². The van der Waals surface area contributed by atoms with Crippen molar-refractivity contribution in [3.8, 4) is 11.5 Å². The third kappa shape index (κ3) is 5.28. The fourth-order valence-electron chi connectivity index (χ4n) is 4.00. The van der Waals surface area contributed by atoms with Gasteiger partial charge in [-0.3, -0.25) is 4.79 Å².